The van der Waals surface area contributed by atoms with Crippen LogP contribution in [-0.4, -0.2) is 49.2 Å². The normalized spacial score (nSPS) is 22.4. The average Bonchev–Trinajstić information content (AvgIpc) is 3.16. The highest BCUT2D eigenvalue weighted by molar-refractivity contribution is 7.95. The van der Waals surface area contributed by atoms with Crippen LogP contribution in [0.3, 0.4) is 0 Å². The second-order valence-corrected chi connectivity index (χ2v) is 8.23. The molecule has 0 N–H and O–H groups in total. The highest BCUT2D eigenvalue weighted by Crippen LogP contribution is 2.48. The lowest BCUT2D eigenvalue weighted by atomic mass is 9.87. The number of rotatable bonds is 3. The van der Waals surface area contributed by atoms with Crippen LogP contribution in [0, 0.1) is 0 Å². The summed E-state index contributed by atoms with van der Waals surface area (Å²) in [4.78, 5) is 4.40. The van der Waals surface area contributed by atoms with Crippen LogP contribution in [0.1, 0.15) is 31.2 Å². The van der Waals surface area contributed by atoms with Gasteiger partial charge in [0.2, 0.25) is 0 Å². The Hall–Kier alpha value is -1.54. The molecule has 0 bridgehead atoms. The Morgan fingerprint density at radius 1 is 1.11 bits per heavy atom. The van der Waals surface area contributed by atoms with Gasteiger partial charge in [-0.2, -0.15) is 13.2 Å². The first-order valence-electron chi connectivity index (χ1n) is 9.26. The molecule has 8 heteroatoms. The molecule has 0 saturated carbocycles. The Balaban J connectivity index is 1.72. The van der Waals surface area contributed by atoms with E-state index >= 15 is 0 Å². The molecular weight excluding hydrogens is 377 g/mol. The number of alkyl halides is 3. The van der Waals surface area contributed by atoms with Gasteiger partial charge < -0.3 is 18.7 Å². The molecule has 0 atom stereocenters. The molecule has 1 aromatic rings. The highest BCUT2D eigenvalue weighted by Gasteiger charge is 2.41. The van der Waals surface area contributed by atoms with Crippen molar-refractivity contribution in [2.75, 3.05) is 38.1 Å². The second kappa shape index (κ2) is 7.13. The summed E-state index contributed by atoms with van der Waals surface area (Å²) in [6.07, 6.45) is 5.39. The summed E-state index contributed by atoms with van der Waals surface area (Å²) in [6.45, 7) is 3.45. The van der Waals surface area contributed by atoms with Gasteiger partial charge in [0.1, 0.15) is 11.4 Å². The minimum absolute atomic E-state index is 0.269. The van der Waals surface area contributed by atoms with Gasteiger partial charge >= 0.3 is 5.51 Å². The summed E-state index contributed by atoms with van der Waals surface area (Å²) in [6, 6.07) is 5.69. The smallest absolute Gasteiger partial charge is 0.479 e. The summed E-state index contributed by atoms with van der Waals surface area (Å²) in [5.74, 6) is 0.884. The molecule has 3 heterocycles. The minimum Gasteiger partial charge on any atom is -0.482 e. The molecule has 0 unspecified atom stereocenters. The lowest BCUT2D eigenvalue weighted by molar-refractivity contribution is -0.0377. The van der Waals surface area contributed by atoms with Gasteiger partial charge in [0.15, 0.2) is 17.8 Å². The van der Waals surface area contributed by atoms with Gasteiger partial charge in [0.05, 0.1) is 11.3 Å². The third kappa shape index (κ3) is 4.01. The van der Waals surface area contributed by atoms with Crippen molar-refractivity contribution in [2.24, 2.45) is 0 Å². The fourth-order valence-electron chi connectivity index (χ4n) is 4.03. The van der Waals surface area contributed by atoms with Crippen LogP contribution in [0.2, 0.25) is 0 Å². The summed E-state index contributed by atoms with van der Waals surface area (Å²) in [5, 5.41) is 0. The van der Waals surface area contributed by atoms with E-state index in [1.165, 1.54) is 0 Å². The zero-order chi connectivity index (χ0) is 19.1. The van der Waals surface area contributed by atoms with Crippen molar-refractivity contribution in [3.63, 3.8) is 0 Å². The molecule has 1 spiro atoms. The number of anilines is 1. The molecule has 3 aliphatic rings. The van der Waals surface area contributed by atoms with Gasteiger partial charge in [-0.15, -0.1) is 0 Å². The molecule has 2 fully saturated rings. The standard InChI is InChI=1S/C19H23F3N2O2S/c1-23-11-7-18(8-12-23)13-16(26-27-19(20,21)22)17-14(24-9-2-3-10-24)5-4-6-15(17)25-18/h4-6,13H,2-3,7-12H2,1H3. The van der Waals surface area contributed by atoms with Crippen molar-refractivity contribution in [3.8, 4) is 5.75 Å². The SMILES string of the molecule is CN1CCC2(C=C(OSC(F)(F)F)c3c(cccc3N3CCCC3)O2)CC1. The van der Waals surface area contributed by atoms with Gasteiger partial charge in [-0.25, -0.2) is 0 Å². The maximum absolute atomic E-state index is 12.8. The monoisotopic (exact) mass is 400 g/mol. The molecule has 0 aromatic heterocycles. The van der Waals surface area contributed by atoms with E-state index in [1.807, 2.05) is 25.2 Å². The Bertz CT molecular complexity index is 724. The number of ether oxygens (including phenoxy) is 1. The Morgan fingerprint density at radius 2 is 1.81 bits per heavy atom. The largest absolute Gasteiger partial charge is 0.482 e. The molecule has 0 aliphatic carbocycles. The van der Waals surface area contributed by atoms with E-state index in [9.17, 15) is 13.2 Å². The van der Waals surface area contributed by atoms with Crippen molar-refractivity contribution in [1.82, 2.24) is 4.90 Å². The van der Waals surface area contributed by atoms with Gasteiger partial charge in [0.25, 0.3) is 0 Å². The Labute approximate surface area is 161 Å². The highest BCUT2D eigenvalue weighted by atomic mass is 32.2. The lowest BCUT2D eigenvalue weighted by Gasteiger charge is -2.42. The predicted octanol–water partition coefficient (Wildman–Crippen LogP) is 4.67. The zero-order valence-corrected chi connectivity index (χ0v) is 16.0. The van der Waals surface area contributed by atoms with Gasteiger partial charge in [0, 0.05) is 45.1 Å². The number of nitrogens with zero attached hydrogens (tertiary/aromatic N) is 2. The molecular formula is C19H23F3N2O2S. The quantitative estimate of drug-likeness (QED) is 0.687. The Morgan fingerprint density at radius 3 is 2.48 bits per heavy atom. The molecule has 4 rings (SSSR count). The summed E-state index contributed by atoms with van der Waals surface area (Å²) in [5.41, 5.74) is -3.53. The fourth-order valence-corrected chi connectivity index (χ4v) is 4.35. The predicted molar refractivity (Wildman–Crippen MR) is 101 cm³/mol. The van der Waals surface area contributed by atoms with E-state index in [4.69, 9.17) is 8.92 Å². The third-order valence-electron chi connectivity index (χ3n) is 5.46. The molecule has 3 aliphatic heterocycles. The maximum Gasteiger partial charge on any atom is 0.479 e. The van der Waals surface area contributed by atoms with Crippen LogP contribution in [0.5, 0.6) is 5.75 Å². The van der Waals surface area contributed by atoms with Crippen molar-refractivity contribution >= 4 is 23.5 Å². The number of hydrogen-bond acceptors (Lipinski definition) is 5. The first-order chi connectivity index (χ1) is 12.9. The van der Waals surface area contributed by atoms with Gasteiger partial charge in [-0.3, -0.25) is 0 Å². The fraction of sp³-hybridized carbons (Fsp3) is 0.579. The number of halogens is 3. The molecule has 0 amide bonds. The molecule has 27 heavy (non-hydrogen) atoms. The average molecular weight is 400 g/mol. The van der Waals surface area contributed by atoms with Gasteiger partial charge in [-0.05, 0) is 32.0 Å². The molecule has 4 nitrogen and oxygen atoms in total. The molecule has 0 radical (unpaired) electrons. The van der Waals surface area contributed by atoms with Crippen LogP contribution in [-0.2, 0) is 4.18 Å². The van der Waals surface area contributed by atoms with Crippen molar-refractivity contribution in [3.05, 3.63) is 29.8 Å². The number of piperidine rings is 1. The van der Waals surface area contributed by atoms with Crippen LogP contribution >= 0.6 is 12.0 Å². The van der Waals surface area contributed by atoms with Crippen LogP contribution in [0.25, 0.3) is 5.76 Å². The van der Waals surface area contributed by atoms with Crippen molar-refractivity contribution in [1.29, 1.82) is 0 Å². The molecule has 1 aromatic carbocycles. The van der Waals surface area contributed by atoms with Crippen LogP contribution < -0.4 is 9.64 Å². The zero-order valence-electron chi connectivity index (χ0n) is 15.2. The number of benzene rings is 1. The topological polar surface area (TPSA) is 24.9 Å². The Kier molecular flexibility index (Phi) is 4.96. The first kappa shape index (κ1) is 18.8. The summed E-state index contributed by atoms with van der Waals surface area (Å²) >= 11 is -0.450. The number of hydrogen-bond donors (Lipinski definition) is 0. The van der Waals surface area contributed by atoms with Gasteiger partial charge in [-0.1, -0.05) is 6.07 Å². The van der Waals surface area contributed by atoms with E-state index in [1.54, 1.807) is 6.08 Å². The lowest BCUT2D eigenvalue weighted by Crippen LogP contribution is -2.47. The van der Waals surface area contributed by atoms with Crippen molar-refractivity contribution in [2.45, 2.75) is 36.8 Å². The van der Waals surface area contributed by atoms with E-state index in [2.05, 4.69) is 9.80 Å². The minimum atomic E-state index is -4.46. The molecule has 148 valence electrons. The molecule has 2 saturated heterocycles. The van der Waals surface area contributed by atoms with E-state index in [0.717, 1.165) is 57.5 Å². The van der Waals surface area contributed by atoms with E-state index in [0.29, 0.717) is 11.3 Å². The maximum atomic E-state index is 12.8. The summed E-state index contributed by atoms with van der Waals surface area (Å²) in [7, 11) is 2.04. The van der Waals surface area contributed by atoms with Crippen LogP contribution in [0.4, 0.5) is 18.9 Å². The van der Waals surface area contributed by atoms with Crippen LogP contribution in [0.15, 0.2) is 24.3 Å². The second-order valence-electron chi connectivity index (χ2n) is 7.44. The van der Waals surface area contributed by atoms with E-state index < -0.39 is 23.2 Å². The first-order valence-corrected chi connectivity index (χ1v) is 10.0. The van der Waals surface area contributed by atoms with Crippen molar-refractivity contribution < 1.29 is 22.1 Å². The number of likely N-dealkylation sites (tertiary alicyclic amines) is 1. The number of fused-ring (bicyclic) bond motifs is 1. The van der Waals surface area contributed by atoms with E-state index in [-0.39, 0.29) is 5.76 Å². The summed E-state index contributed by atoms with van der Waals surface area (Å²) < 4.78 is 50.1. The third-order valence-corrected chi connectivity index (χ3v) is 5.92.